The number of nitrogens with one attached hydrogen (secondary N) is 1. The first-order valence-electron chi connectivity index (χ1n) is 3.30. The van der Waals surface area contributed by atoms with E-state index in [9.17, 15) is 0 Å². The van der Waals surface area contributed by atoms with Gasteiger partial charge >= 0.3 is 0 Å². The summed E-state index contributed by atoms with van der Waals surface area (Å²) in [5, 5.41) is 3.29. The van der Waals surface area contributed by atoms with E-state index in [4.69, 9.17) is 9.47 Å². The highest BCUT2D eigenvalue weighted by Gasteiger charge is 2.42. The minimum atomic E-state index is 0.0428. The van der Waals surface area contributed by atoms with Gasteiger partial charge in [0.25, 0.3) is 0 Å². The van der Waals surface area contributed by atoms with Crippen molar-refractivity contribution in [3.8, 4) is 0 Å². The van der Waals surface area contributed by atoms with Gasteiger partial charge in [0, 0.05) is 25.6 Å². The van der Waals surface area contributed by atoms with E-state index in [0.717, 1.165) is 13.0 Å². The molecule has 2 heterocycles. The lowest BCUT2D eigenvalue weighted by Crippen LogP contribution is -2.26. The maximum Gasteiger partial charge on any atom is 0.158 e. The Morgan fingerprint density at radius 1 is 1.56 bits per heavy atom. The molecule has 2 saturated heterocycles. The highest BCUT2D eigenvalue weighted by molar-refractivity contribution is 5.00. The third-order valence-electron chi connectivity index (χ3n) is 1.98. The molecule has 2 aliphatic rings. The minimum absolute atomic E-state index is 0.0428. The van der Waals surface area contributed by atoms with Crippen molar-refractivity contribution in [3.05, 3.63) is 0 Å². The zero-order chi connectivity index (χ0) is 6.27. The van der Waals surface area contributed by atoms with Crippen molar-refractivity contribution in [3.63, 3.8) is 0 Å². The van der Waals surface area contributed by atoms with Gasteiger partial charge in [-0.1, -0.05) is 0 Å². The van der Waals surface area contributed by atoms with Gasteiger partial charge in [-0.05, 0) is 0 Å². The van der Waals surface area contributed by atoms with Crippen LogP contribution in [0.4, 0.5) is 0 Å². The largest absolute Gasteiger partial charge is 0.356 e. The van der Waals surface area contributed by atoms with Crippen LogP contribution in [-0.2, 0) is 9.47 Å². The summed E-state index contributed by atoms with van der Waals surface area (Å²) in [6.07, 6.45) is 1.06. The van der Waals surface area contributed by atoms with Crippen LogP contribution < -0.4 is 5.32 Å². The van der Waals surface area contributed by atoms with E-state index >= 15 is 0 Å². The fraction of sp³-hybridized carbons (Fsp3) is 1.00. The lowest BCUT2D eigenvalue weighted by Gasteiger charge is -2.18. The molecule has 0 bridgehead atoms. The minimum Gasteiger partial charge on any atom is -0.356 e. The molecule has 0 radical (unpaired) electrons. The molecule has 0 aliphatic carbocycles. The molecule has 0 aromatic carbocycles. The van der Waals surface area contributed by atoms with Crippen molar-refractivity contribution >= 4 is 0 Å². The van der Waals surface area contributed by atoms with Crippen LogP contribution in [0.5, 0.6) is 0 Å². The standard InChI is InChI=1S/C6H11NO2/c1-8-6-2-4-5(7-4)3-9-6/h4-7H,2-3H2,1H3/t4-,5+,6?/m1/s1. The van der Waals surface area contributed by atoms with Gasteiger partial charge in [0.15, 0.2) is 6.29 Å². The molecule has 1 unspecified atom stereocenters. The zero-order valence-electron chi connectivity index (χ0n) is 5.46. The van der Waals surface area contributed by atoms with Gasteiger partial charge in [-0.25, -0.2) is 0 Å². The fourth-order valence-electron chi connectivity index (χ4n) is 1.27. The number of hydrogen-bond acceptors (Lipinski definition) is 3. The van der Waals surface area contributed by atoms with Gasteiger partial charge in [0.2, 0.25) is 0 Å². The van der Waals surface area contributed by atoms with Crippen LogP contribution in [-0.4, -0.2) is 32.1 Å². The third-order valence-corrected chi connectivity index (χ3v) is 1.98. The number of methoxy groups -OCH3 is 1. The van der Waals surface area contributed by atoms with Crippen molar-refractivity contribution in [2.45, 2.75) is 24.8 Å². The monoisotopic (exact) mass is 129 g/mol. The quantitative estimate of drug-likeness (QED) is 0.495. The number of fused-ring (bicyclic) bond motifs is 1. The predicted molar refractivity (Wildman–Crippen MR) is 32.1 cm³/mol. The molecular weight excluding hydrogens is 118 g/mol. The second-order valence-electron chi connectivity index (χ2n) is 2.61. The van der Waals surface area contributed by atoms with Gasteiger partial charge in [0.1, 0.15) is 0 Å². The van der Waals surface area contributed by atoms with E-state index in [2.05, 4.69) is 5.32 Å². The summed E-state index contributed by atoms with van der Waals surface area (Å²) < 4.78 is 10.3. The van der Waals surface area contributed by atoms with Gasteiger partial charge in [0.05, 0.1) is 6.61 Å². The molecule has 2 rings (SSSR count). The molecule has 52 valence electrons. The Kier molecular flexibility index (Phi) is 1.22. The first-order valence-corrected chi connectivity index (χ1v) is 3.30. The molecule has 0 aromatic rings. The van der Waals surface area contributed by atoms with E-state index in [1.54, 1.807) is 7.11 Å². The lowest BCUT2D eigenvalue weighted by molar-refractivity contribution is -0.137. The second-order valence-corrected chi connectivity index (χ2v) is 2.61. The number of rotatable bonds is 1. The average Bonchev–Trinajstić information content (AvgIpc) is 2.64. The topological polar surface area (TPSA) is 40.4 Å². The van der Waals surface area contributed by atoms with Crippen molar-refractivity contribution in [2.75, 3.05) is 13.7 Å². The SMILES string of the molecule is COC1C[C@H]2N[C@H]2CO1. The Morgan fingerprint density at radius 3 is 3.11 bits per heavy atom. The summed E-state index contributed by atoms with van der Waals surface area (Å²) in [7, 11) is 1.69. The first kappa shape index (κ1) is 5.65. The summed E-state index contributed by atoms with van der Waals surface area (Å²) in [6, 6.07) is 1.32. The molecule has 0 spiro atoms. The van der Waals surface area contributed by atoms with E-state index < -0.39 is 0 Å². The van der Waals surface area contributed by atoms with Crippen molar-refractivity contribution < 1.29 is 9.47 Å². The summed E-state index contributed by atoms with van der Waals surface area (Å²) in [5.41, 5.74) is 0. The zero-order valence-corrected chi connectivity index (χ0v) is 5.46. The van der Waals surface area contributed by atoms with Gasteiger partial charge in [-0.2, -0.15) is 0 Å². The van der Waals surface area contributed by atoms with Gasteiger partial charge in [-0.15, -0.1) is 0 Å². The smallest absolute Gasteiger partial charge is 0.158 e. The van der Waals surface area contributed by atoms with Crippen molar-refractivity contribution in [1.29, 1.82) is 0 Å². The van der Waals surface area contributed by atoms with Crippen LogP contribution in [0.25, 0.3) is 0 Å². The van der Waals surface area contributed by atoms with Crippen LogP contribution in [0, 0.1) is 0 Å². The highest BCUT2D eigenvalue weighted by Crippen LogP contribution is 2.24. The van der Waals surface area contributed by atoms with Crippen molar-refractivity contribution in [2.24, 2.45) is 0 Å². The molecule has 1 N–H and O–H groups in total. The van der Waals surface area contributed by atoms with Crippen LogP contribution in [0.1, 0.15) is 6.42 Å². The number of hydrogen-bond donors (Lipinski definition) is 1. The molecule has 0 saturated carbocycles. The molecule has 2 aliphatic heterocycles. The second kappa shape index (κ2) is 1.94. The summed E-state index contributed by atoms with van der Waals surface area (Å²) in [4.78, 5) is 0. The summed E-state index contributed by atoms with van der Waals surface area (Å²) >= 11 is 0. The molecule has 3 heteroatoms. The first-order chi connectivity index (χ1) is 4.40. The molecule has 0 aromatic heterocycles. The third kappa shape index (κ3) is 0.956. The van der Waals surface area contributed by atoms with E-state index in [0.29, 0.717) is 12.1 Å². The fourth-order valence-corrected chi connectivity index (χ4v) is 1.27. The van der Waals surface area contributed by atoms with E-state index in [1.165, 1.54) is 0 Å². The van der Waals surface area contributed by atoms with Crippen LogP contribution in [0.3, 0.4) is 0 Å². The van der Waals surface area contributed by atoms with E-state index in [1.807, 2.05) is 0 Å². The normalized spacial score (nSPS) is 48.3. The van der Waals surface area contributed by atoms with Gasteiger partial charge in [-0.3, -0.25) is 0 Å². The molecule has 0 amide bonds. The number of ether oxygens (including phenoxy) is 2. The molecule has 9 heavy (non-hydrogen) atoms. The van der Waals surface area contributed by atoms with Crippen LogP contribution in [0.15, 0.2) is 0 Å². The van der Waals surface area contributed by atoms with Gasteiger partial charge < -0.3 is 14.8 Å². The highest BCUT2D eigenvalue weighted by atomic mass is 16.7. The average molecular weight is 129 g/mol. The maximum absolute atomic E-state index is 5.30. The Bertz CT molecular complexity index is 118. The Balaban J connectivity index is 1.86. The predicted octanol–water partition coefficient (Wildman–Crippen LogP) is -0.280. The maximum atomic E-state index is 5.30. The van der Waals surface area contributed by atoms with Crippen LogP contribution >= 0.6 is 0 Å². The Hall–Kier alpha value is -0.120. The molecule has 3 nitrogen and oxygen atoms in total. The van der Waals surface area contributed by atoms with Crippen molar-refractivity contribution in [1.82, 2.24) is 5.32 Å². The molecule has 3 atom stereocenters. The Labute approximate surface area is 54.3 Å². The summed E-state index contributed by atoms with van der Waals surface area (Å²) in [5.74, 6) is 0. The molecular formula is C6H11NO2. The molecule has 2 fully saturated rings. The Morgan fingerprint density at radius 2 is 2.44 bits per heavy atom. The lowest BCUT2D eigenvalue weighted by atomic mass is 10.2. The van der Waals surface area contributed by atoms with Crippen LogP contribution in [0.2, 0.25) is 0 Å². The van der Waals surface area contributed by atoms with E-state index in [-0.39, 0.29) is 6.29 Å². The summed E-state index contributed by atoms with van der Waals surface area (Å²) in [6.45, 7) is 0.823.